The summed E-state index contributed by atoms with van der Waals surface area (Å²) in [5.41, 5.74) is 0. The lowest BCUT2D eigenvalue weighted by Crippen LogP contribution is -2.36. The van der Waals surface area contributed by atoms with Crippen LogP contribution in [0.2, 0.25) is 0 Å². The minimum atomic E-state index is -0.0223. The smallest absolute Gasteiger partial charge is 0.310 e. The molecule has 1 saturated carbocycles. The first-order valence-electron chi connectivity index (χ1n) is 5.19. The van der Waals surface area contributed by atoms with Crippen molar-refractivity contribution < 1.29 is 9.53 Å². The lowest BCUT2D eigenvalue weighted by atomic mass is 10.0. The fourth-order valence-corrected chi connectivity index (χ4v) is 2.00. The van der Waals surface area contributed by atoms with Gasteiger partial charge in [-0.2, -0.15) is 0 Å². The topological polar surface area (TPSA) is 38.3 Å². The maximum Gasteiger partial charge on any atom is 0.310 e. The van der Waals surface area contributed by atoms with Crippen LogP contribution in [0, 0.1) is 5.92 Å². The molecule has 0 aromatic rings. The Kier molecular flexibility index (Phi) is 4.22. The molecular formula is C10H19NO2. The highest BCUT2D eigenvalue weighted by Crippen LogP contribution is 2.26. The van der Waals surface area contributed by atoms with Crippen LogP contribution in [-0.2, 0) is 9.53 Å². The molecule has 3 heteroatoms. The highest BCUT2D eigenvalue weighted by Gasteiger charge is 2.33. The van der Waals surface area contributed by atoms with E-state index >= 15 is 0 Å². The molecule has 0 heterocycles. The molecule has 2 atom stereocenters. The second kappa shape index (κ2) is 5.22. The minimum Gasteiger partial charge on any atom is -0.466 e. The van der Waals surface area contributed by atoms with Crippen molar-refractivity contribution in [3.8, 4) is 0 Å². The summed E-state index contributed by atoms with van der Waals surface area (Å²) in [6, 6.07) is 0.351. The van der Waals surface area contributed by atoms with Gasteiger partial charge in [0.1, 0.15) is 0 Å². The molecule has 1 rings (SSSR count). The first-order valence-corrected chi connectivity index (χ1v) is 5.19. The Hall–Kier alpha value is -0.570. The normalized spacial score (nSPS) is 27.5. The van der Waals surface area contributed by atoms with Crippen molar-refractivity contribution in [2.24, 2.45) is 5.92 Å². The molecular weight excluding hydrogens is 166 g/mol. The van der Waals surface area contributed by atoms with Gasteiger partial charge >= 0.3 is 5.97 Å². The number of hydrogen-bond acceptors (Lipinski definition) is 3. The molecule has 13 heavy (non-hydrogen) atoms. The SMILES string of the molecule is CCNC1CCCC1C(=O)OCC. The second-order valence-corrected chi connectivity index (χ2v) is 3.45. The molecule has 0 spiro atoms. The molecule has 0 saturated heterocycles. The molecule has 0 radical (unpaired) electrons. The summed E-state index contributed by atoms with van der Waals surface area (Å²) in [7, 11) is 0. The third-order valence-electron chi connectivity index (χ3n) is 2.57. The van der Waals surface area contributed by atoms with E-state index in [1.807, 2.05) is 6.92 Å². The number of carbonyl (C=O) groups excluding carboxylic acids is 1. The fraction of sp³-hybridized carbons (Fsp3) is 0.900. The van der Waals surface area contributed by atoms with E-state index < -0.39 is 0 Å². The number of nitrogens with one attached hydrogen (secondary N) is 1. The standard InChI is InChI=1S/C10H19NO2/c1-3-11-9-7-5-6-8(9)10(12)13-4-2/h8-9,11H,3-7H2,1-2H3. The molecule has 0 bridgehead atoms. The van der Waals surface area contributed by atoms with Crippen LogP contribution in [0.3, 0.4) is 0 Å². The van der Waals surface area contributed by atoms with Gasteiger partial charge in [-0.05, 0) is 26.3 Å². The van der Waals surface area contributed by atoms with E-state index in [2.05, 4.69) is 12.2 Å². The van der Waals surface area contributed by atoms with E-state index in [9.17, 15) is 4.79 Å². The van der Waals surface area contributed by atoms with Crippen LogP contribution in [0.5, 0.6) is 0 Å². The van der Waals surface area contributed by atoms with Gasteiger partial charge in [0.2, 0.25) is 0 Å². The summed E-state index contributed by atoms with van der Waals surface area (Å²) in [4.78, 5) is 11.5. The highest BCUT2D eigenvalue weighted by molar-refractivity contribution is 5.73. The van der Waals surface area contributed by atoms with Gasteiger partial charge in [-0.3, -0.25) is 4.79 Å². The molecule has 2 unspecified atom stereocenters. The zero-order chi connectivity index (χ0) is 9.68. The van der Waals surface area contributed by atoms with E-state index in [1.165, 1.54) is 0 Å². The Morgan fingerprint density at radius 3 is 2.85 bits per heavy atom. The van der Waals surface area contributed by atoms with E-state index in [0.29, 0.717) is 12.6 Å². The first kappa shape index (κ1) is 10.5. The van der Waals surface area contributed by atoms with Crippen LogP contribution < -0.4 is 5.32 Å². The molecule has 1 aliphatic carbocycles. The molecule has 1 aliphatic rings. The zero-order valence-corrected chi connectivity index (χ0v) is 8.51. The number of hydrogen-bond donors (Lipinski definition) is 1. The summed E-state index contributed by atoms with van der Waals surface area (Å²) in [5, 5.41) is 3.33. The van der Waals surface area contributed by atoms with Crippen molar-refractivity contribution in [2.45, 2.75) is 39.2 Å². The van der Waals surface area contributed by atoms with E-state index in [1.54, 1.807) is 0 Å². The maximum absolute atomic E-state index is 11.5. The summed E-state index contributed by atoms with van der Waals surface area (Å²) in [5.74, 6) is 0.0749. The van der Waals surface area contributed by atoms with E-state index in [4.69, 9.17) is 4.74 Å². The number of rotatable bonds is 4. The molecule has 0 aromatic carbocycles. The summed E-state index contributed by atoms with van der Waals surface area (Å²) < 4.78 is 5.02. The molecule has 0 aliphatic heterocycles. The van der Waals surface area contributed by atoms with Crippen LogP contribution >= 0.6 is 0 Å². The first-order chi connectivity index (χ1) is 6.29. The Balaban J connectivity index is 2.42. The van der Waals surface area contributed by atoms with Gasteiger partial charge in [0.25, 0.3) is 0 Å². The Morgan fingerprint density at radius 1 is 1.46 bits per heavy atom. The third-order valence-corrected chi connectivity index (χ3v) is 2.57. The largest absolute Gasteiger partial charge is 0.466 e. The van der Waals surface area contributed by atoms with E-state index in [-0.39, 0.29) is 11.9 Å². The van der Waals surface area contributed by atoms with Crippen molar-refractivity contribution in [3.63, 3.8) is 0 Å². The van der Waals surface area contributed by atoms with Crippen molar-refractivity contribution in [2.75, 3.05) is 13.2 Å². The molecule has 76 valence electrons. The second-order valence-electron chi connectivity index (χ2n) is 3.45. The molecule has 3 nitrogen and oxygen atoms in total. The predicted molar refractivity (Wildman–Crippen MR) is 51.4 cm³/mol. The average molecular weight is 185 g/mol. The monoisotopic (exact) mass is 185 g/mol. The fourth-order valence-electron chi connectivity index (χ4n) is 2.00. The van der Waals surface area contributed by atoms with Crippen LogP contribution in [-0.4, -0.2) is 25.2 Å². The molecule has 1 fully saturated rings. The van der Waals surface area contributed by atoms with Gasteiger partial charge in [0, 0.05) is 6.04 Å². The molecule has 0 aromatic heterocycles. The van der Waals surface area contributed by atoms with Crippen molar-refractivity contribution in [3.05, 3.63) is 0 Å². The quantitative estimate of drug-likeness (QED) is 0.671. The predicted octanol–water partition coefficient (Wildman–Crippen LogP) is 1.33. The van der Waals surface area contributed by atoms with E-state index in [0.717, 1.165) is 25.8 Å². The Labute approximate surface area is 79.8 Å². The summed E-state index contributed by atoms with van der Waals surface area (Å²) in [6.07, 6.45) is 3.23. The van der Waals surface area contributed by atoms with Crippen LogP contribution in [0.4, 0.5) is 0 Å². The molecule has 0 amide bonds. The van der Waals surface area contributed by atoms with Crippen LogP contribution in [0.15, 0.2) is 0 Å². The molecule has 1 N–H and O–H groups in total. The zero-order valence-electron chi connectivity index (χ0n) is 8.51. The van der Waals surface area contributed by atoms with Gasteiger partial charge in [-0.15, -0.1) is 0 Å². The van der Waals surface area contributed by atoms with Gasteiger partial charge in [-0.25, -0.2) is 0 Å². The van der Waals surface area contributed by atoms with Crippen LogP contribution in [0.1, 0.15) is 33.1 Å². The van der Waals surface area contributed by atoms with Gasteiger partial charge in [0.15, 0.2) is 0 Å². The van der Waals surface area contributed by atoms with Gasteiger partial charge in [0.05, 0.1) is 12.5 Å². The average Bonchev–Trinajstić information content (AvgIpc) is 2.54. The van der Waals surface area contributed by atoms with Gasteiger partial charge in [-0.1, -0.05) is 13.3 Å². The number of carbonyl (C=O) groups is 1. The lowest BCUT2D eigenvalue weighted by molar-refractivity contribution is -0.148. The van der Waals surface area contributed by atoms with Crippen molar-refractivity contribution in [1.82, 2.24) is 5.32 Å². The number of ether oxygens (including phenoxy) is 1. The van der Waals surface area contributed by atoms with Gasteiger partial charge < -0.3 is 10.1 Å². The summed E-state index contributed by atoms with van der Waals surface area (Å²) >= 11 is 0. The van der Waals surface area contributed by atoms with Crippen LogP contribution in [0.25, 0.3) is 0 Å². The summed E-state index contributed by atoms with van der Waals surface area (Å²) in [6.45, 7) is 5.35. The van der Waals surface area contributed by atoms with Crippen molar-refractivity contribution in [1.29, 1.82) is 0 Å². The third kappa shape index (κ3) is 2.69. The lowest BCUT2D eigenvalue weighted by Gasteiger charge is -2.18. The Morgan fingerprint density at radius 2 is 2.23 bits per heavy atom. The minimum absolute atomic E-state index is 0.0223. The maximum atomic E-state index is 11.5. The highest BCUT2D eigenvalue weighted by atomic mass is 16.5. The Bertz CT molecular complexity index is 170. The number of esters is 1. The van der Waals surface area contributed by atoms with Crippen molar-refractivity contribution >= 4 is 5.97 Å².